The first-order valence-electron chi connectivity index (χ1n) is 21.3. The van der Waals surface area contributed by atoms with Crippen LogP contribution in [-0.4, -0.2) is 120 Å². The summed E-state index contributed by atoms with van der Waals surface area (Å²) in [5, 5.41) is 29.0. The Morgan fingerprint density at radius 2 is 1.83 bits per heavy atom. The van der Waals surface area contributed by atoms with E-state index >= 15 is 0 Å². The Bertz CT molecular complexity index is 2430. The predicted octanol–water partition coefficient (Wildman–Crippen LogP) is 3.66. The van der Waals surface area contributed by atoms with Crippen LogP contribution in [0.3, 0.4) is 0 Å². The van der Waals surface area contributed by atoms with Gasteiger partial charge in [0.15, 0.2) is 6.10 Å². The fraction of sp³-hybridized carbons (Fsp3) is 0.457. The minimum absolute atomic E-state index is 0.0463. The van der Waals surface area contributed by atoms with Gasteiger partial charge in [-0.05, 0) is 78.3 Å². The molecule has 17 nitrogen and oxygen atoms in total. The Labute approximate surface area is 366 Å². The number of phenolic OH excluding ortho intramolecular Hbond substituents is 1. The van der Waals surface area contributed by atoms with Gasteiger partial charge in [-0.1, -0.05) is 46.4 Å². The van der Waals surface area contributed by atoms with Crippen molar-refractivity contribution in [3.8, 4) is 28.1 Å². The van der Waals surface area contributed by atoms with E-state index in [4.69, 9.17) is 9.57 Å². The van der Waals surface area contributed by atoms with Gasteiger partial charge >= 0.3 is 5.97 Å². The highest BCUT2D eigenvalue weighted by molar-refractivity contribution is 5.96. The number of amides is 4. The molecule has 0 radical (unpaired) electrons. The van der Waals surface area contributed by atoms with Crippen LogP contribution in [0.5, 0.6) is 5.75 Å². The zero-order chi connectivity index (χ0) is 45.4. The van der Waals surface area contributed by atoms with Crippen molar-refractivity contribution in [3.05, 3.63) is 78.9 Å². The second kappa shape index (κ2) is 17.9. The molecule has 2 saturated heterocycles. The lowest BCUT2D eigenvalue weighted by Gasteiger charge is -2.40. The molecule has 4 atom stereocenters. The highest BCUT2D eigenvalue weighted by atomic mass is 16.7. The molecule has 4 amide bonds. The van der Waals surface area contributed by atoms with Gasteiger partial charge in [-0.15, -0.1) is 0 Å². The SMILES string of the molecule is C=CC(=O)N1CC[C@@H](C(=O)N(C)[C@H](C(=O)N[C@H]2Cc3cc(O)cc(c3)-c3ccc4c(c3)c(c(-c3cncnc3)n4CC)CC(C)(C)COC(=O)[C@@]3(O)CCCN(N3)C2=O)C(C)C)O1. The van der Waals surface area contributed by atoms with Crippen LogP contribution in [0.2, 0.25) is 0 Å². The summed E-state index contributed by atoms with van der Waals surface area (Å²) < 4.78 is 8.07. The van der Waals surface area contributed by atoms with Crippen molar-refractivity contribution in [2.45, 2.75) is 97.2 Å². The van der Waals surface area contributed by atoms with Crippen molar-refractivity contribution in [2.24, 2.45) is 11.3 Å². The van der Waals surface area contributed by atoms with Gasteiger partial charge in [0.25, 0.3) is 17.7 Å². The molecular formula is C46H56N8O9. The number of hydrogen-bond donors (Lipinski definition) is 4. The standard InChI is InChI=1S/C46H56N8O9/c1-8-38(56)54-16-13-37(63-54)43(59)51(7)39(27(3)4)41(57)49-35-19-28-17-30(20-32(55)18-28)29-11-12-36-33(21-29)34(40(52(36)9-2)31-23-47-26-48-24-31)22-45(5,6)25-62-44(60)46(61)14-10-15-53(50-46)42(35)58/h8,11-12,17-18,20-21,23-24,26-27,35,37,39,50,55,61H,1,9-10,13-16,19,22,25H2,2-7H3,(H,49,57)/t35-,37-,39-,46-/m0/s1. The van der Waals surface area contributed by atoms with Gasteiger partial charge in [0, 0.05) is 73.7 Å². The smallest absolute Gasteiger partial charge is 0.355 e. The Morgan fingerprint density at radius 3 is 2.52 bits per heavy atom. The van der Waals surface area contributed by atoms with Crippen LogP contribution in [0.15, 0.2) is 67.8 Å². The number of aromatic hydroxyl groups is 1. The van der Waals surface area contributed by atoms with E-state index in [9.17, 15) is 34.2 Å². The number of esters is 1. The maximum Gasteiger partial charge on any atom is 0.355 e. The lowest BCUT2D eigenvalue weighted by molar-refractivity contribution is -0.189. The third kappa shape index (κ3) is 9.17. The molecule has 2 fully saturated rings. The van der Waals surface area contributed by atoms with E-state index in [2.05, 4.69) is 44.8 Å². The van der Waals surface area contributed by atoms with Crippen molar-refractivity contribution in [1.82, 2.24) is 40.2 Å². The first-order chi connectivity index (χ1) is 29.9. The number of hydrogen-bond acceptors (Lipinski definition) is 12. The second-order valence-electron chi connectivity index (χ2n) is 17.7. The molecule has 0 aliphatic carbocycles. The summed E-state index contributed by atoms with van der Waals surface area (Å²) >= 11 is 0. The van der Waals surface area contributed by atoms with Crippen LogP contribution in [0, 0.1) is 11.3 Å². The first kappa shape index (κ1) is 44.9. The molecule has 5 heterocycles. The molecule has 7 rings (SSSR count). The number of fused-ring (bicyclic) bond motifs is 6. The molecule has 0 unspecified atom stereocenters. The summed E-state index contributed by atoms with van der Waals surface area (Å²) in [5.41, 5.74) is 5.41. The van der Waals surface area contributed by atoms with Crippen LogP contribution in [0.4, 0.5) is 0 Å². The summed E-state index contributed by atoms with van der Waals surface area (Å²) in [6.45, 7) is 13.8. The average Bonchev–Trinajstić information content (AvgIpc) is 3.87. The number of nitrogens with zero attached hydrogens (tertiary/aromatic N) is 6. The van der Waals surface area contributed by atoms with Crippen molar-refractivity contribution >= 4 is 40.5 Å². The van der Waals surface area contributed by atoms with Gasteiger partial charge < -0.3 is 29.7 Å². The van der Waals surface area contributed by atoms with Gasteiger partial charge in [-0.2, -0.15) is 5.43 Å². The number of aliphatic hydroxyl groups is 1. The van der Waals surface area contributed by atoms with Crippen molar-refractivity contribution in [3.63, 3.8) is 0 Å². The van der Waals surface area contributed by atoms with Gasteiger partial charge in [-0.3, -0.25) is 29.0 Å². The third-order valence-corrected chi connectivity index (χ3v) is 12.0. The molecule has 2 aromatic carbocycles. The number of phenols is 1. The van der Waals surface area contributed by atoms with E-state index < -0.39 is 64.8 Å². The normalized spacial score (nSPS) is 22.0. The van der Waals surface area contributed by atoms with Crippen molar-refractivity contribution in [2.75, 3.05) is 26.7 Å². The number of rotatable bonds is 8. The molecule has 63 heavy (non-hydrogen) atoms. The average molecular weight is 865 g/mol. The molecule has 3 aliphatic heterocycles. The van der Waals surface area contributed by atoms with Crippen molar-refractivity contribution < 1.29 is 43.8 Å². The number of ether oxygens (including phenoxy) is 1. The molecule has 6 bridgehead atoms. The molecule has 0 spiro atoms. The Morgan fingerprint density at radius 1 is 1.08 bits per heavy atom. The van der Waals surface area contributed by atoms with Gasteiger partial charge in [0.05, 0.1) is 18.8 Å². The number of likely N-dealkylation sites (N-methyl/N-ethyl adjacent to an activating group) is 1. The summed E-state index contributed by atoms with van der Waals surface area (Å²) in [7, 11) is 1.47. The number of nitrogens with one attached hydrogen (secondary N) is 2. The van der Waals surface area contributed by atoms with E-state index in [1.165, 1.54) is 24.3 Å². The quantitative estimate of drug-likeness (QED) is 0.148. The zero-order valence-corrected chi connectivity index (χ0v) is 36.6. The highest BCUT2D eigenvalue weighted by Crippen LogP contribution is 2.40. The van der Waals surface area contributed by atoms with Crippen molar-refractivity contribution in [1.29, 1.82) is 0 Å². The Hall–Kier alpha value is -6.17. The minimum Gasteiger partial charge on any atom is -0.508 e. The summed E-state index contributed by atoms with van der Waals surface area (Å²) in [5.74, 6) is -3.80. The monoisotopic (exact) mass is 864 g/mol. The number of cyclic esters (lactones) is 1. The summed E-state index contributed by atoms with van der Waals surface area (Å²) in [6, 6.07) is 8.66. The second-order valence-corrected chi connectivity index (χ2v) is 17.7. The lowest BCUT2D eigenvalue weighted by atomic mass is 9.84. The summed E-state index contributed by atoms with van der Waals surface area (Å²) in [4.78, 5) is 84.3. The maximum atomic E-state index is 14.6. The number of hydroxylamine groups is 2. The van der Waals surface area contributed by atoms with Crippen LogP contribution >= 0.6 is 0 Å². The predicted molar refractivity (Wildman–Crippen MR) is 232 cm³/mol. The molecule has 2 aromatic heterocycles. The highest BCUT2D eigenvalue weighted by Gasteiger charge is 2.46. The number of aryl methyl sites for hydroxylation is 1. The minimum atomic E-state index is -2.27. The molecule has 4 N–H and O–H groups in total. The molecular weight excluding hydrogens is 809 g/mol. The molecule has 17 heteroatoms. The van der Waals surface area contributed by atoms with Gasteiger partial charge in [-0.25, -0.2) is 19.8 Å². The van der Waals surface area contributed by atoms with Crippen LogP contribution in [0.1, 0.15) is 65.0 Å². The number of hydrazine groups is 1. The molecule has 0 saturated carbocycles. The van der Waals surface area contributed by atoms with E-state index in [-0.39, 0.29) is 51.1 Å². The number of benzene rings is 2. The van der Waals surface area contributed by atoms with E-state index in [1.54, 1.807) is 32.3 Å². The topological polar surface area (TPSA) is 209 Å². The Kier molecular flexibility index (Phi) is 12.8. The first-order valence-corrected chi connectivity index (χ1v) is 21.3. The van der Waals surface area contributed by atoms with E-state index in [1.807, 2.05) is 32.0 Å². The number of carbonyl (C=O) groups is 5. The third-order valence-electron chi connectivity index (χ3n) is 12.0. The van der Waals surface area contributed by atoms with Gasteiger partial charge in [0.1, 0.15) is 24.2 Å². The van der Waals surface area contributed by atoms with E-state index in [0.717, 1.165) is 49.4 Å². The zero-order valence-electron chi connectivity index (χ0n) is 36.6. The number of carbonyl (C=O) groups excluding carboxylic acids is 5. The molecule has 334 valence electrons. The largest absolute Gasteiger partial charge is 0.508 e. The molecule has 4 aromatic rings. The van der Waals surface area contributed by atoms with Gasteiger partial charge in [0.2, 0.25) is 11.6 Å². The lowest BCUT2D eigenvalue weighted by Crippen LogP contribution is -2.67. The van der Waals surface area contributed by atoms with Crippen LogP contribution < -0.4 is 10.7 Å². The maximum absolute atomic E-state index is 14.6. The van der Waals surface area contributed by atoms with Crippen LogP contribution in [0.25, 0.3) is 33.3 Å². The summed E-state index contributed by atoms with van der Waals surface area (Å²) in [6.07, 6.45) is 5.80. The fourth-order valence-corrected chi connectivity index (χ4v) is 8.97. The molecule has 3 aliphatic rings. The van der Waals surface area contributed by atoms with Crippen LogP contribution in [-0.2, 0) is 52.9 Å². The number of aromatic nitrogens is 3. The Balaban J connectivity index is 1.30. The van der Waals surface area contributed by atoms with E-state index in [0.29, 0.717) is 24.1 Å². The fourth-order valence-electron chi connectivity index (χ4n) is 8.97.